The molecule has 0 saturated carbocycles. The minimum atomic E-state index is -0.280. The Morgan fingerprint density at radius 3 is 3.00 bits per heavy atom. The Morgan fingerprint density at radius 1 is 1.46 bits per heavy atom. The highest BCUT2D eigenvalue weighted by molar-refractivity contribution is 5.87. The number of esters is 1. The lowest BCUT2D eigenvalue weighted by Gasteiger charge is -2.52. The molecule has 0 spiro atoms. The van der Waals surface area contributed by atoms with E-state index in [0.29, 0.717) is 6.42 Å². The van der Waals surface area contributed by atoms with Gasteiger partial charge in [-0.25, -0.2) is 0 Å². The van der Waals surface area contributed by atoms with Gasteiger partial charge in [0, 0.05) is 28.4 Å². The van der Waals surface area contributed by atoms with Crippen molar-refractivity contribution in [1.82, 2.24) is 9.88 Å². The number of fused-ring (bicyclic) bond motifs is 5. The maximum absolute atomic E-state index is 12.5. The summed E-state index contributed by atoms with van der Waals surface area (Å²) in [4.78, 5) is 18.3. The monoisotopic (exact) mass is 328 g/mol. The molecule has 3 atom stereocenters. The van der Waals surface area contributed by atoms with E-state index in [9.17, 15) is 9.90 Å². The molecule has 2 aromatic rings. The molecule has 1 aromatic carbocycles. The third-order valence-corrected chi connectivity index (χ3v) is 5.91. The molecule has 0 aliphatic carbocycles. The maximum Gasteiger partial charge on any atom is 0.323 e. The van der Waals surface area contributed by atoms with Crippen molar-refractivity contribution in [3.05, 3.63) is 35.5 Å². The number of aromatic nitrogens is 1. The molecule has 4 rings (SSSR count). The van der Waals surface area contributed by atoms with Crippen LogP contribution in [0.1, 0.15) is 37.1 Å². The van der Waals surface area contributed by atoms with E-state index in [1.165, 1.54) is 18.1 Å². The Balaban J connectivity index is 1.93. The number of aromatic amines is 1. The van der Waals surface area contributed by atoms with E-state index in [-0.39, 0.29) is 30.1 Å². The molecule has 2 aliphatic rings. The molecule has 1 saturated heterocycles. The summed E-state index contributed by atoms with van der Waals surface area (Å²) in [6.07, 6.45) is 2.59. The van der Waals surface area contributed by atoms with E-state index >= 15 is 0 Å². The number of carbonyl (C=O) groups excluding carboxylic acids is 1. The maximum atomic E-state index is 12.5. The van der Waals surface area contributed by atoms with Crippen molar-refractivity contribution in [3.8, 4) is 0 Å². The number of aliphatic hydroxyl groups excluding tert-OH is 1. The fraction of sp³-hybridized carbons (Fsp3) is 0.526. The Kier molecular flexibility index (Phi) is 3.66. The van der Waals surface area contributed by atoms with Crippen LogP contribution in [0.5, 0.6) is 0 Å². The average Bonchev–Trinajstić information content (AvgIpc) is 2.98. The van der Waals surface area contributed by atoms with Gasteiger partial charge in [0.2, 0.25) is 0 Å². The number of H-pyrrole nitrogens is 1. The van der Waals surface area contributed by atoms with Crippen molar-refractivity contribution < 1.29 is 14.6 Å². The molecule has 5 nitrogen and oxygen atoms in total. The number of nitrogens with one attached hydrogen (secondary N) is 1. The zero-order valence-electron chi connectivity index (χ0n) is 14.2. The van der Waals surface area contributed by atoms with Crippen molar-refractivity contribution >= 4 is 16.9 Å². The molecule has 1 fully saturated rings. The highest BCUT2D eigenvalue weighted by Gasteiger charge is 2.50. The van der Waals surface area contributed by atoms with Gasteiger partial charge in [0.1, 0.15) is 6.04 Å². The average molecular weight is 328 g/mol. The van der Waals surface area contributed by atoms with Gasteiger partial charge in [-0.1, -0.05) is 25.1 Å². The summed E-state index contributed by atoms with van der Waals surface area (Å²) in [7, 11) is 1.46. The minimum absolute atomic E-state index is 0.0106. The highest BCUT2D eigenvalue weighted by atomic mass is 16.5. The molecule has 0 bridgehead atoms. The molecule has 2 N–H and O–H groups in total. The molecule has 0 unspecified atom stereocenters. The van der Waals surface area contributed by atoms with Crippen LogP contribution in [-0.2, 0) is 16.0 Å². The van der Waals surface area contributed by atoms with E-state index in [4.69, 9.17) is 4.74 Å². The standard InChI is InChI=1S/C19H24N2O3/c1-19(11-22)8-5-9-21-15(18(23)24-2)10-13-12-6-3-4-7-14(12)20-16(13)17(19)21/h3-4,6-7,15,17,20,22H,5,8-11H2,1-2H3/t15-,17-,19-/m0/s1. The Bertz CT molecular complexity index is 784. The molecule has 0 radical (unpaired) electrons. The molecule has 128 valence electrons. The van der Waals surface area contributed by atoms with Crippen LogP contribution in [-0.4, -0.2) is 47.3 Å². The normalized spacial score (nSPS) is 30.0. The number of ether oxygens (including phenoxy) is 1. The molecule has 24 heavy (non-hydrogen) atoms. The predicted octanol–water partition coefficient (Wildman–Crippen LogP) is 2.40. The zero-order chi connectivity index (χ0) is 16.9. The SMILES string of the molecule is COC(=O)[C@@H]1Cc2c([nH]c3ccccc23)[C@@H]2N1CCC[C@@]2(C)CO. The summed E-state index contributed by atoms with van der Waals surface area (Å²) >= 11 is 0. The number of piperidine rings is 1. The third kappa shape index (κ3) is 2.11. The first-order valence-corrected chi connectivity index (χ1v) is 8.63. The quantitative estimate of drug-likeness (QED) is 0.831. The predicted molar refractivity (Wildman–Crippen MR) is 91.7 cm³/mol. The van der Waals surface area contributed by atoms with E-state index < -0.39 is 0 Å². The van der Waals surface area contributed by atoms with Gasteiger partial charge in [0.05, 0.1) is 19.8 Å². The van der Waals surface area contributed by atoms with Gasteiger partial charge < -0.3 is 14.8 Å². The first kappa shape index (κ1) is 15.7. The van der Waals surface area contributed by atoms with Gasteiger partial charge in [0.25, 0.3) is 0 Å². The Morgan fingerprint density at radius 2 is 2.25 bits per heavy atom. The van der Waals surface area contributed by atoms with Crippen LogP contribution < -0.4 is 0 Å². The van der Waals surface area contributed by atoms with Crippen LogP contribution in [0.2, 0.25) is 0 Å². The molecule has 2 aliphatic heterocycles. The Hall–Kier alpha value is -1.85. The number of nitrogens with zero attached hydrogens (tertiary/aromatic N) is 1. The van der Waals surface area contributed by atoms with Crippen LogP contribution in [0.4, 0.5) is 0 Å². The first-order chi connectivity index (χ1) is 11.6. The lowest BCUT2D eigenvalue weighted by molar-refractivity contribution is -0.153. The largest absolute Gasteiger partial charge is 0.468 e. The van der Waals surface area contributed by atoms with Crippen molar-refractivity contribution in [1.29, 1.82) is 0 Å². The number of aliphatic hydroxyl groups is 1. The summed E-state index contributed by atoms with van der Waals surface area (Å²) in [5.74, 6) is -0.182. The van der Waals surface area contributed by atoms with E-state index in [1.807, 2.05) is 12.1 Å². The number of hydrogen-bond acceptors (Lipinski definition) is 4. The van der Waals surface area contributed by atoms with Crippen LogP contribution in [0, 0.1) is 5.41 Å². The number of methoxy groups -OCH3 is 1. The van der Waals surface area contributed by atoms with Crippen LogP contribution >= 0.6 is 0 Å². The van der Waals surface area contributed by atoms with Gasteiger partial charge in [-0.2, -0.15) is 0 Å². The second-order valence-electron chi connectivity index (χ2n) is 7.36. The van der Waals surface area contributed by atoms with Gasteiger partial charge in [-0.05, 0) is 31.0 Å². The molecular weight excluding hydrogens is 304 g/mol. The summed E-state index contributed by atoms with van der Waals surface area (Å²) < 4.78 is 5.09. The number of rotatable bonds is 2. The number of carbonyl (C=O) groups is 1. The summed E-state index contributed by atoms with van der Waals surface area (Å²) in [6.45, 7) is 3.09. The fourth-order valence-electron chi connectivity index (χ4n) is 4.69. The van der Waals surface area contributed by atoms with Gasteiger partial charge in [-0.3, -0.25) is 9.69 Å². The van der Waals surface area contributed by atoms with E-state index in [0.717, 1.165) is 30.6 Å². The molecule has 0 amide bonds. The van der Waals surface area contributed by atoms with Crippen LogP contribution in [0.25, 0.3) is 10.9 Å². The molecule has 3 heterocycles. The summed E-state index contributed by atoms with van der Waals surface area (Å²) in [5, 5.41) is 11.3. The van der Waals surface area contributed by atoms with Crippen molar-refractivity contribution in [2.24, 2.45) is 5.41 Å². The topological polar surface area (TPSA) is 65.6 Å². The second kappa shape index (κ2) is 5.60. The molecular formula is C19H24N2O3. The van der Waals surface area contributed by atoms with Crippen molar-refractivity contribution in [3.63, 3.8) is 0 Å². The van der Waals surface area contributed by atoms with Gasteiger partial charge in [-0.15, -0.1) is 0 Å². The smallest absolute Gasteiger partial charge is 0.323 e. The fourth-order valence-corrected chi connectivity index (χ4v) is 4.69. The molecule has 5 heteroatoms. The van der Waals surface area contributed by atoms with Gasteiger partial charge in [0.15, 0.2) is 0 Å². The highest BCUT2D eigenvalue weighted by Crippen LogP contribution is 2.50. The lowest BCUT2D eigenvalue weighted by Crippen LogP contribution is -2.56. The second-order valence-corrected chi connectivity index (χ2v) is 7.36. The number of hydrogen-bond donors (Lipinski definition) is 2. The number of benzene rings is 1. The zero-order valence-corrected chi connectivity index (χ0v) is 14.2. The Labute approximate surface area is 141 Å². The van der Waals surface area contributed by atoms with Crippen LogP contribution in [0.15, 0.2) is 24.3 Å². The van der Waals surface area contributed by atoms with Crippen molar-refractivity contribution in [2.75, 3.05) is 20.3 Å². The number of para-hydroxylation sites is 1. The van der Waals surface area contributed by atoms with E-state index in [1.54, 1.807) is 0 Å². The van der Waals surface area contributed by atoms with E-state index in [2.05, 4.69) is 28.9 Å². The molecule has 1 aromatic heterocycles. The third-order valence-electron chi connectivity index (χ3n) is 5.91. The minimum Gasteiger partial charge on any atom is -0.468 e. The van der Waals surface area contributed by atoms with Gasteiger partial charge >= 0.3 is 5.97 Å². The van der Waals surface area contributed by atoms with Crippen LogP contribution in [0.3, 0.4) is 0 Å². The summed E-state index contributed by atoms with van der Waals surface area (Å²) in [6, 6.07) is 7.96. The lowest BCUT2D eigenvalue weighted by atomic mass is 9.70. The first-order valence-electron chi connectivity index (χ1n) is 8.63. The van der Waals surface area contributed by atoms with Crippen molar-refractivity contribution in [2.45, 2.75) is 38.3 Å². The summed E-state index contributed by atoms with van der Waals surface area (Å²) in [5.41, 5.74) is 3.19.